The Hall–Kier alpha value is -2.59. The molecule has 1 N–H and O–H groups in total. The molecule has 0 fully saturated rings. The van der Waals surface area contributed by atoms with E-state index >= 15 is 0 Å². The van der Waals surface area contributed by atoms with Crippen molar-refractivity contribution in [1.82, 2.24) is 9.55 Å². The van der Waals surface area contributed by atoms with Gasteiger partial charge in [-0.2, -0.15) is 0 Å². The van der Waals surface area contributed by atoms with E-state index < -0.39 is 4.92 Å². The second-order valence-corrected chi connectivity index (χ2v) is 7.09. The Balaban J connectivity index is 2.04. The molecule has 3 rings (SSSR count). The number of benzene rings is 2. The van der Waals surface area contributed by atoms with Crippen LogP contribution in [0.25, 0.3) is 23.1 Å². The number of nitro benzene ring substituents is 1. The second kappa shape index (κ2) is 8.40. The summed E-state index contributed by atoms with van der Waals surface area (Å²) in [6.07, 6.45) is 3.90. The van der Waals surface area contributed by atoms with Gasteiger partial charge in [0, 0.05) is 28.9 Å². The smallest absolute Gasteiger partial charge is 0.269 e. The molecule has 138 valence electrons. The molecular weight excluding hydrogens is 461 g/mol. The highest BCUT2D eigenvalue weighted by Gasteiger charge is 2.10. The number of nitro groups is 1. The van der Waals surface area contributed by atoms with Crippen LogP contribution in [-0.2, 0) is 6.54 Å². The lowest BCUT2D eigenvalue weighted by Crippen LogP contribution is -2.24. The number of nitrogens with zero attached hydrogens (tertiary/aromatic N) is 3. The van der Waals surface area contributed by atoms with Crippen LogP contribution in [0.1, 0.15) is 17.8 Å². The molecule has 0 radical (unpaired) electrons. The van der Waals surface area contributed by atoms with Gasteiger partial charge >= 0.3 is 0 Å². The first kappa shape index (κ1) is 19.2. The van der Waals surface area contributed by atoms with E-state index in [2.05, 4.69) is 27.6 Å². The maximum atomic E-state index is 12.9. The van der Waals surface area contributed by atoms with E-state index in [0.717, 1.165) is 9.13 Å². The molecule has 0 saturated heterocycles. The van der Waals surface area contributed by atoms with Crippen LogP contribution in [0.2, 0.25) is 0 Å². The van der Waals surface area contributed by atoms with E-state index in [-0.39, 0.29) is 17.9 Å². The van der Waals surface area contributed by atoms with Gasteiger partial charge in [-0.25, -0.2) is 4.98 Å². The average molecular weight is 477 g/mol. The number of aromatic nitrogens is 2. The van der Waals surface area contributed by atoms with Gasteiger partial charge in [-0.05, 0) is 71.0 Å². The summed E-state index contributed by atoms with van der Waals surface area (Å²) in [5.41, 5.74) is 1.22. The van der Waals surface area contributed by atoms with E-state index in [1.165, 1.54) is 16.7 Å². The fourth-order valence-corrected chi connectivity index (χ4v) is 3.15. The van der Waals surface area contributed by atoms with Crippen molar-refractivity contribution >= 4 is 51.3 Å². The van der Waals surface area contributed by atoms with Crippen LogP contribution in [0.4, 0.5) is 5.69 Å². The van der Waals surface area contributed by atoms with Gasteiger partial charge in [-0.15, -0.1) is 0 Å². The summed E-state index contributed by atoms with van der Waals surface area (Å²) in [5.74, 6) is 0.473. The third-order valence-electron chi connectivity index (χ3n) is 4.01. The largest absolute Gasteiger partial charge is 0.396 e. The van der Waals surface area contributed by atoms with Crippen LogP contribution in [0.5, 0.6) is 0 Å². The standard InChI is InChI=1S/C19H16IN3O4/c20-14-5-8-17-16(12-14)19(25)22(10-1-11-24)18(21-17)9-4-13-2-6-15(7-3-13)23(26)27/h2-9,12,24H,1,10-11H2. The zero-order valence-corrected chi connectivity index (χ0v) is 16.4. The molecule has 0 amide bonds. The van der Waals surface area contributed by atoms with Gasteiger partial charge in [0.2, 0.25) is 0 Å². The van der Waals surface area contributed by atoms with Gasteiger partial charge in [-0.1, -0.05) is 6.08 Å². The highest BCUT2D eigenvalue weighted by molar-refractivity contribution is 14.1. The predicted molar refractivity (Wildman–Crippen MR) is 112 cm³/mol. The van der Waals surface area contributed by atoms with E-state index in [4.69, 9.17) is 5.11 Å². The molecule has 1 heterocycles. The number of halogens is 1. The molecule has 0 aliphatic carbocycles. The fraction of sp³-hybridized carbons (Fsp3) is 0.158. The lowest BCUT2D eigenvalue weighted by atomic mass is 10.2. The number of aliphatic hydroxyl groups excluding tert-OH is 1. The van der Waals surface area contributed by atoms with E-state index in [1.54, 1.807) is 36.4 Å². The molecule has 0 saturated carbocycles. The first-order valence-electron chi connectivity index (χ1n) is 8.23. The maximum absolute atomic E-state index is 12.9. The van der Waals surface area contributed by atoms with Gasteiger partial charge in [-0.3, -0.25) is 19.5 Å². The van der Waals surface area contributed by atoms with Gasteiger partial charge in [0.05, 0.1) is 15.8 Å². The Labute approximate surface area is 168 Å². The Morgan fingerprint density at radius 2 is 1.93 bits per heavy atom. The lowest BCUT2D eigenvalue weighted by Gasteiger charge is -2.11. The number of non-ortho nitro benzene ring substituents is 1. The molecule has 7 nitrogen and oxygen atoms in total. The number of rotatable bonds is 6. The monoisotopic (exact) mass is 477 g/mol. The quantitative estimate of drug-likeness (QED) is 0.333. The van der Waals surface area contributed by atoms with Gasteiger partial charge in [0.1, 0.15) is 5.82 Å². The normalized spacial score (nSPS) is 11.3. The molecule has 0 aliphatic heterocycles. The fourth-order valence-electron chi connectivity index (χ4n) is 2.66. The summed E-state index contributed by atoms with van der Waals surface area (Å²) in [5, 5.41) is 20.4. The molecule has 0 aliphatic rings. The van der Waals surface area contributed by atoms with Crippen LogP contribution in [0.15, 0.2) is 47.3 Å². The summed E-state index contributed by atoms with van der Waals surface area (Å²) >= 11 is 2.15. The number of fused-ring (bicyclic) bond motifs is 1. The van der Waals surface area contributed by atoms with Gasteiger partial charge in [0.25, 0.3) is 11.2 Å². The van der Waals surface area contributed by atoms with Gasteiger partial charge < -0.3 is 5.11 Å². The molecule has 2 aromatic carbocycles. The molecule has 0 bridgehead atoms. The Morgan fingerprint density at radius 3 is 2.59 bits per heavy atom. The minimum Gasteiger partial charge on any atom is -0.396 e. The minimum atomic E-state index is -0.452. The van der Waals surface area contributed by atoms with Crippen molar-refractivity contribution in [3.8, 4) is 0 Å². The van der Waals surface area contributed by atoms with Crippen molar-refractivity contribution < 1.29 is 10.0 Å². The third-order valence-corrected chi connectivity index (χ3v) is 4.69. The summed E-state index contributed by atoms with van der Waals surface area (Å²) in [6, 6.07) is 11.6. The Kier molecular flexibility index (Phi) is 5.97. The van der Waals surface area contributed by atoms with Crippen LogP contribution in [0.3, 0.4) is 0 Å². The predicted octanol–water partition coefficient (Wildman–Crippen LogP) is 3.46. The number of aliphatic hydroxyl groups is 1. The Morgan fingerprint density at radius 1 is 1.19 bits per heavy atom. The zero-order valence-electron chi connectivity index (χ0n) is 14.2. The van der Waals surface area contributed by atoms with Crippen molar-refractivity contribution in [2.45, 2.75) is 13.0 Å². The summed E-state index contributed by atoms with van der Waals surface area (Å²) in [7, 11) is 0. The molecule has 27 heavy (non-hydrogen) atoms. The highest BCUT2D eigenvalue weighted by Crippen LogP contribution is 2.16. The van der Waals surface area contributed by atoms with Crippen molar-refractivity contribution in [3.63, 3.8) is 0 Å². The van der Waals surface area contributed by atoms with Crippen molar-refractivity contribution in [2.75, 3.05) is 6.61 Å². The summed E-state index contributed by atoms with van der Waals surface area (Å²) in [6.45, 7) is 0.325. The SMILES string of the molecule is O=c1c2cc(I)ccc2nc(C=Cc2ccc([N+](=O)[O-])cc2)n1CCCO. The van der Waals surface area contributed by atoms with Crippen molar-refractivity contribution in [3.05, 3.63) is 77.9 Å². The number of hydrogen-bond acceptors (Lipinski definition) is 5. The lowest BCUT2D eigenvalue weighted by molar-refractivity contribution is -0.384. The van der Waals surface area contributed by atoms with Crippen molar-refractivity contribution in [1.29, 1.82) is 0 Å². The molecule has 3 aromatic rings. The Bertz CT molecular complexity index is 1070. The summed E-state index contributed by atoms with van der Waals surface area (Å²) in [4.78, 5) is 27.7. The van der Waals surface area contributed by atoms with Crippen molar-refractivity contribution in [2.24, 2.45) is 0 Å². The zero-order chi connectivity index (χ0) is 19.4. The third kappa shape index (κ3) is 4.40. The van der Waals surface area contributed by atoms with E-state index in [9.17, 15) is 14.9 Å². The minimum absolute atomic E-state index is 0.0189. The second-order valence-electron chi connectivity index (χ2n) is 5.85. The van der Waals surface area contributed by atoms with Crippen LogP contribution < -0.4 is 5.56 Å². The number of hydrogen-bond donors (Lipinski definition) is 1. The molecule has 0 spiro atoms. The first-order valence-corrected chi connectivity index (χ1v) is 9.31. The first-order chi connectivity index (χ1) is 13.0. The molecule has 1 aromatic heterocycles. The van der Waals surface area contributed by atoms with E-state index in [0.29, 0.717) is 29.7 Å². The van der Waals surface area contributed by atoms with Crippen LogP contribution in [-0.4, -0.2) is 26.2 Å². The van der Waals surface area contributed by atoms with E-state index in [1.807, 2.05) is 6.07 Å². The summed E-state index contributed by atoms with van der Waals surface area (Å²) < 4.78 is 2.48. The molecule has 0 unspecified atom stereocenters. The average Bonchev–Trinajstić information content (AvgIpc) is 2.66. The van der Waals surface area contributed by atoms with Crippen LogP contribution in [0, 0.1) is 13.7 Å². The molecular formula is C19H16IN3O4. The highest BCUT2D eigenvalue weighted by atomic mass is 127. The topological polar surface area (TPSA) is 98.3 Å². The molecule has 0 atom stereocenters. The van der Waals surface area contributed by atoms with Gasteiger partial charge in [0.15, 0.2) is 0 Å². The molecule has 8 heteroatoms. The van der Waals surface area contributed by atoms with Crippen LogP contribution >= 0.6 is 22.6 Å². The maximum Gasteiger partial charge on any atom is 0.269 e.